The number of piperazine rings is 1. The number of aromatic nitrogens is 2. The number of aryl methyl sites for hydroxylation is 1. The highest BCUT2D eigenvalue weighted by Gasteiger charge is 2.32. The van der Waals surface area contributed by atoms with Gasteiger partial charge in [0.1, 0.15) is 5.75 Å². The molecule has 1 fully saturated rings. The fraction of sp³-hybridized carbons (Fsp3) is 0.476. The fourth-order valence-corrected chi connectivity index (χ4v) is 3.90. The molecule has 0 radical (unpaired) electrons. The van der Waals surface area contributed by atoms with Crippen molar-refractivity contribution in [3.05, 3.63) is 57.8 Å². The van der Waals surface area contributed by atoms with Gasteiger partial charge < -0.3 is 19.3 Å². The van der Waals surface area contributed by atoms with Gasteiger partial charge >= 0.3 is 6.09 Å². The number of amides is 1. The van der Waals surface area contributed by atoms with Gasteiger partial charge in [-0.15, -0.1) is 0 Å². The zero-order chi connectivity index (χ0) is 21.0. The van der Waals surface area contributed by atoms with Crippen LogP contribution in [0.15, 0.2) is 35.4 Å². The van der Waals surface area contributed by atoms with E-state index in [2.05, 4.69) is 9.88 Å². The number of carbonyl (C=O) groups excluding carboxylic acids is 1. The van der Waals surface area contributed by atoms with Gasteiger partial charge in [0.15, 0.2) is 0 Å². The van der Waals surface area contributed by atoms with Crippen molar-refractivity contribution in [2.45, 2.75) is 33.4 Å². The second-order valence-electron chi connectivity index (χ2n) is 7.04. The van der Waals surface area contributed by atoms with Crippen LogP contribution >= 0.6 is 0 Å². The largest absolute Gasteiger partial charge is 0.507 e. The molecular weight excluding hydrogens is 372 g/mol. The van der Waals surface area contributed by atoms with Crippen LogP contribution in [0.1, 0.15) is 36.7 Å². The van der Waals surface area contributed by atoms with Crippen LogP contribution in [-0.2, 0) is 11.3 Å². The van der Waals surface area contributed by atoms with Crippen molar-refractivity contribution in [3.8, 4) is 5.75 Å². The SMILES string of the molecule is CCOC(=O)N1CCN([C@@H](c2ccncc2)c2c(O)cc(C)n(CC)c2=O)CC1. The van der Waals surface area contributed by atoms with E-state index in [4.69, 9.17) is 4.74 Å². The van der Waals surface area contributed by atoms with Crippen LogP contribution in [0.25, 0.3) is 0 Å². The van der Waals surface area contributed by atoms with E-state index >= 15 is 0 Å². The molecular formula is C21H28N4O4. The number of ether oxygens (including phenoxy) is 1. The number of hydrogen-bond donors (Lipinski definition) is 1. The summed E-state index contributed by atoms with van der Waals surface area (Å²) >= 11 is 0. The molecule has 8 heteroatoms. The molecule has 29 heavy (non-hydrogen) atoms. The lowest BCUT2D eigenvalue weighted by Crippen LogP contribution is -2.50. The second-order valence-corrected chi connectivity index (χ2v) is 7.04. The van der Waals surface area contributed by atoms with Crippen molar-refractivity contribution >= 4 is 6.09 Å². The van der Waals surface area contributed by atoms with Crippen molar-refractivity contribution < 1.29 is 14.6 Å². The Balaban J connectivity index is 1.99. The monoisotopic (exact) mass is 400 g/mol. The van der Waals surface area contributed by atoms with Gasteiger partial charge in [0.05, 0.1) is 18.2 Å². The minimum atomic E-state index is -0.423. The van der Waals surface area contributed by atoms with Gasteiger partial charge in [0.25, 0.3) is 5.56 Å². The highest BCUT2D eigenvalue weighted by atomic mass is 16.6. The summed E-state index contributed by atoms with van der Waals surface area (Å²) in [5.41, 5.74) is 1.76. The van der Waals surface area contributed by atoms with Gasteiger partial charge in [0.2, 0.25) is 0 Å². The molecule has 3 rings (SSSR count). The van der Waals surface area contributed by atoms with E-state index in [-0.39, 0.29) is 17.4 Å². The molecule has 0 unspecified atom stereocenters. The number of nitrogens with zero attached hydrogens (tertiary/aromatic N) is 4. The quantitative estimate of drug-likeness (QED) is 0.827. The first-order chi connectivity index (χ1) is 14.0. The van der Waals surface area contributed by atoms with Crippen molar-refractivity contribution in [3.63, 3.8) is 0 Å². The van der Waals surface area contributed by atoms with Gasteiger partial charge in [-0.25, -0.2) is 4.79 Å². The Morgan fingerprint density at radius 3 is 2.45 bits per heavy atom. The summed E-state index contributed by atoms with van der Waals surface area (Å²) in [7, 11) is 0. The zero-order valence-corrected chi connectivity index (χ0v) is 17.2. The molecule has 1 aliphatic heterocycles. The predicted octanol–water partition coefficient (Wildman–Crippen LogP) is 2.14. The summed E-state index contributed by atoms with van der Waals surface area (Å²) in [5.74, 6) is -0.00756. The summed E-state index contributed by atoms with van der Waals surface area (Å²) in [5, 5.41) is 10.7. The van der Waals surface area contributed by atoms with Crippen molar-refractivity contribution in [2.75, 3.05) is 32.8 Å². The van der Waals surface area contributed by atoms with Gasteiger partial charge in [-0.2, -0.15) is 0 Å². The van der Waals surface area contributed by atoms with Crippen LogP contribution in [0.2, 0.25) is 0 Å². The molecule has 2 aromatic heterocycles. The fourth-order valence-electron chi connectivity index (χ4n) is 3.90. The minimum absolute atomic E-state index is 0.00756. The van der Waals surface area contributed by atoms with E-state index in [0.717, 1.165) is 11.3 Å². The number of pyridine rings is 2. The van der Waals surface area contributed by atoms with E-state index in [1.807, 2.05) is 26.0 Å². The highest BCUT2D eigenvalue weighted by Crippen LogP contribution is 2.33. The van der Waals surface area contributed by atoms with Crippen LogP contribution < -0.4 is 5.56 Å². The van der Waals surface area contributed by atoms with E-state index in [1.165, 1.54) is 0 Å². The summed E-state index contributed by atoms with van der Waals surface area (Å²) in [6.45, 7) is 8.48. The lowest BCUT2D eigenvalue weighted by atomic mass is 9.97. The summed E-state index contributed by atoms with van der Waals surface area (Å²) in [6, 6.07) is 4.94. The maximum Gasteiger partial charge on any atom is 0.409 e. The third-order valence-electron chi connectivity index (χ3n) is 5.34. The molecule has 156 valence electrons. The third kappa shape index (κ3) is 4.27. The van der Waals surface area contributed by atoms with Crippen LogP contribution in [0.4, 0.5) is 4.79 Å². The van der Waals surface area contributed by atoms with E-state index in [9.17, 15) is 14.7 Å². The molecule has 8 nitrogen and oxygen atoms in total. The van der Waals surface area contributed by atoms with Gasteiger partial charge in [-0.05, 0) is 44.5 Å². The average Bonchev–Trinajstić information content (AvgIpc) is 2.72. The molecule has 0 saturated carbocycles. The Kier molecular flexibility index (Phi) is 6.53. The van der Waals surface area contributed by atoms with Crippen LogP contribution in [-0.4, -0.2) is 63.3 Å². The average molecular weight is 400 g/mol. The summed E-state index contributed by atoms with van der Waals surface area (Å²) in [4.78, 5) is 33.1. The Labute approximate surface area is 170 Å². The van der Waals surface area contributed by atoms with Crippen molar-refractivity contribution in [1.82, 2.24) is 19.4 Å². The maximum absolute atomic E-state index is 13.2. The number of rotatable bonds is 5. The summed E-state index contributed by atoms with van der Waals surface area (Å²) < 4.78 is 6.76. The van der Waals surface area contributed by atoms with Gasteiger partial charge in [-0.3, -0.25) is 14.7 Å². The Bertz CT molecular complexity index is 905. The third-order valence-corrected chi connectivity index (χ3v) is 5.34. The molecule has 1 amide bonds. The number of hydrogen-bond acceptors (Lipinski definition) is 6. The van der Waals surface area contributed by atoms with Crippen LogP contribution in [0, 0.1) is 6.92 Å². The molecule has 3 heterocycles. The minimum Gasteiger partial charge on any atom is -0.507 e. The molecule has 1 atom stereocenters. The topological polar surface area (TPSA) is 87.9 Å². The first-order valence-electron chi connectivity index (χ1n) is 9.96. The predicted molar refractivity (Wildman–Crippen MR) is 109 cm³/mol. The normalized spacial score (nSPS) is 15.9. The Hall–Kier alpha value is -2.87. The van der Waals surface area contributed by atoms with Crippen molar-refractivity contribution in [2.24, 2.45) is 0 Å². The van der Waals surface area contributed by atoms with Crippen molar-refractivity contribution in [1.29, 1.82) is 0 Å². The highest BCUT2D eigenvalue weighted by molar-refractivity contribution is 5.67. The smallest absolute Gasteiger partial charge is 0.409 e. The molecule has 0 aromatic carbocycles. The van der Waals surface area contributed by atoms with Crippen LogP contribution in [0.5, 0.6) is 5.75 Å². The molecule has 0 aliphatic carbocycles. The van der Waals surface area contributed by atoms with Gasteiger partial charge in [0, 0.05) is 50.8 Å². The summed E-state index contributed by atoms with van der Waals surface area (Å²) in [6.07, 6.45) is 3.04. The molecule has 1 aliphatic rings. The molecule has 0 bridgehead atoms. The molecule has 1 N–H and O–H groups in total. The van der Waals surface area contributed by atoms with Gasteiger partial charge in [-0.1, -0.05) is 0 Å². The Morgan fingerprint density at radius 1 is 1.21 bits per heavy atom. The molecule has 1 saturated heterocycles. The molecule has 2 aromatic rings. The first kappa shape index (κ1) is 20.9. The van der Waals surface area contributed by atoms with E-state index < -0.39 is 6.04 Å². The number of carbonyl (C=O) groups is 1. The maximum atomic E-state index is 13.2. The zero-order valence-electron chi connectivity index (χ0n) is 17.2. The first-order valence-corrected chi connectivity index (χ1v) is 9.96. The number of aromatic hydroxyl groups is 1. The lowest BCUT2D eigenvalue weighted by Gasteiger charge is -2.39. The van der Waals surface area contributed by atoms with Crippen LogP contribution in [0.3, 0.4) is 0 Å². The second kappa shape index (κ2) is 9.09. The van der Waals surface area contributed by atoms with E-state index in [0.29, 0.717) is 44.9 Å². The molecule has 0 spiro atoms. The Morgan fingerprint density at radius 2 is 1.86 bits per heavy atom. The standard InChI is InChI=1S/C21H28N4O4/c1-4-25-15(3)14-17(26)18(20(25)27)19(16-6-8-22-9-7-16)23-10-12-24(13-11-23)21(28)29-5-2/h6-9,14,19,26H,4-5,10-13H2,1-3H3/t19-/m0/s1. The lowest BCUT2D eigenvalue weighted by molar-refractivity contribution is 0.0709. The van der Waals surface area contributed by atoms with E-state index in [1.54, 1.807) is 34.9 Å².